The zero-order chi connectivity index (χ0) is 16.9. The van der Waals surface area contributed by atoms with Crippen LogP contribution < -0.4 is 5.32 Å². The average molecular weight is 335 g/mol. The van der Waals surface area contributed by atoms with E-state index in [9.17, 15) is 18.4 Å². The van der Waals surface area contributed by atoms with Gasteiger partial charge in [-0.1, -0.05) is 0 Å². The molecule has 1 amide bonds. The summed E-state index contributed by atoms with van der Waals surface area (Å²) in [5, 5.41) is 6.19. The Bertz CT molecular complexity index is 537. The minimum absolute atomic E-state index is 0.0671. The van der Waals surface area contributed by atoms with Crippen LogP contribution in [0.5, 0.6) is 0 Å². The number of amides is 1. The summed E-state index contributed by atoms with van der Waals surface area (Å²) in [4.78, 5) is 23.8. The molecular formula is C13H19F2N3O3S. The van der Waals surface area contributed by atoms with Crippen LogP contribution in [0.25, 0.3) is 0 Å². The van der Waals surface area contributed by atoms with Gasteiger partial charge in [-0.2, -0.15) is 17.7 Å². The minimum atomic E-state index is -2.71. The number of alkyl halides is 2. The van der Waals surface area contributed by atoms with Crippen molar-refractivity contribution in [2.45, 2.75) is 39.3 Å². The van der Waals surface area contributed by atoms with E-state index in [1.54, 1.807) is 13.8 Å². The molecule has 0 spiro atoms. The molecule has 0 aliphatic heterocycles. The Hall–Kier alpha value is -1.64. The highest BCUT2D eigenvalue weighted by Gasteiger charge is 2.26. The SMILES string of the molecule is CCOC(=O)[C@H](CS)NC(=O)C(C)n1nc(C(F)F)cc1C. The monoisotopic (exact) mass is 335 g/mol. The van der Waals surface area contributed by atoms with E-state index in [-0.39, 0.29) is 12.4 Å². The molecule has 0 radical (unpaired) electrons. The van der Waals surface area contributed by atoms with Crippen LogP contribution in [0, 0.1) is 6.92 Å². The molecule has 0 aliphatic carbocycles. The molecule has 22 heavy (non-hydrogen) atoms. The third-order valence-electron chi connectivity index (χ3n) is 2.98. The first kappa shape index (κ1) is 18.4. The lowest BCUT2D eigenvalue weighted by atomic mass is 10.2. The van der Waals surface area contributed by atoms with Gasteiger partial charge in [-0.15, -0.1) is 0 Å². The fourth-order valence-corrected chi connectivity index (χ4v) is 2.08. The van der Waals surface area contributed by atoms with Crippen molar-refractivity contribution >= 4 is 24.5 Å². The van der Waals surface area contributed by atoms with Crippen LogP contribution in [0.3, 0.4) is 0 Å². The normalized spacial score (nSPS) is 13.8. The van der Waals surface area contributed by atoms with Crippen molar-refractivity contribution in [2.24, 2.45) is 0 Å². The maximum atomic E-state index is 12.6. The van der Waals surface area contributed by atoms with E-state index in [0.717, 1.165) is 0 Å². The highest BCUT2D eigenvalue weighted by atomic mass is 32.1. The van der Waals surface area contributed by atoms with Gasteiger partial charge in [0.2, 0.25) is 5.91 Å². The maximum Gasteiger partial charge on any atom is 0.329 e. The van der Waals surface area contributed by atoms with E-state index in [1.165, 1.54) is 17.7 Å². The molecule has 9 heteroatoms. The standard InChI is InChI=1S/C13H19F2N3O3S/c1-4-21-13(20)10(6-22)16-12(19)8(3)18-7(2)5-9(17-18)11(14)15/h5,8,10-11,22H,4,6H2,1-3H3,(H,16,19)/t8?,10-/m0/s1. The molecule has 2 atom stereocenters. The molecule has 1 aromatic heterocycles. The maximum absolute atomic E-state index is 12.6. The van der Waals surface area contributed by atoms with Gasteiger partial charge in [-0.05, 0) is 26.8 Å². The number of nitrogens with zero attached hydrogens (tertiary/aromatic N) is 2. The summed E-state index contributed by atoms with van der Waals surface area (Å²) in [6.07, 6.45) is -2.71. The van der Waals surface area contributed by atoms with E-state index in [2.05, 4.69) is 23.0 Å². The largest absolute Gasteiger partial charge is 0.464 e. The topological polar surface area (TPSA) is 73.2 Å². The van der Waals surface area contributed by atoms with Crippen molar-refractivity contribution in [3.63, 3.8) is 0 Å². The van der Waals surface area contributed by atoms with Crippen LogP contribution in [-0.2, 0) is 14.3 Å². The fraction of sp³-hybridized carbons (Fsp3) is 0.615. The second-order valence-corrected chi connectivity index (χ2v) is 4.99. The molecule has 0 bridgehead atoms. The highest BCUT2D eigenvalue weighted by Crippen LogP contribution is 2.20. The molecule has 1 unspecified atom stereocenters. The quantitative estimate of drug-likeness (QED) is 0.587. The van der Waals surface area contributed by atoms with Crippen LogP contribution in [0.1, 0.15) is 37.7 Å². The van der Waals surface area contributed by atoms with Gasteiger partial charge in [0.1, 0.15) is 17.8 Å². The summed E-state index contributed by atoms with van der Waals surface area (Å²) < 4.78 is 31.3. The van der Waals surface area contributed by atoms with Crippen molar-refractivity contribution in [3.05, 3.63) is 17.5 Å². The van der Waals surface area contributed by atoms with Crippen molar-refractivity contribution in [2.75, 3.05) is 12.4 Å². The molecular weight excluding hydrogens is 316 g/mol. The second-order valence-electron chi connectivity index (χ2n) is 4.63. The average Bonchev–Trinajstić information content (AvgIpc) is 2.86. The number of carbonyl (C=O) groups excluding carboxylic acids is 2. The van der Waals surface area contributed by atoms with Crippen molar-refractivity contribution in [3.8, 4) is 0 Å². The predicted molar refractivity (Wildman–Crippen MR) is 79.0 cm³/mol. The smallest absolute Gasteiger partial charge is 0.329 e. The third kappa shape index (κ3) is 4.43. The summed E-state index contributed by atoms with van der Waals surface area (Å²) in [7, 11) is 0. The molecule has 1 rings (SSSR count). The van der Waals surface area contributed by atoms with Gasteiger partial charge < -0.3 is 10.1 Å². The van der Waals surface area contributed by atoms with E-state index in [1.807, 2.05) is 0 Å². The predicted octanol–water partition coefficient (Wildman–Crippen LogP) is 1.67. The molecule has 1 N–H and O–H groups in total. The van der Waals surface area contributed by atoms with E-state index in [0.29, 0.717) is 5.69 Å². The number of rotatable bonds is 7. The Morgan fingerprint density at radius 1 is 1.50 bits per heavy atom. The number of carbonyl (C=O) groups is 2. The number of ether oxygens (including phenoxy) is 1. The van der Waals surface area contributed by atoms with E-state index >= 15 is 0 Å². The highest BCUT2D eigenvalue weighted by molar-refractivity contribution is 7.80. The summed E-state index contributed by atoms with van der Waals surface area (Å²) >= 11 is 3.99. The summed E-state index contributed by atoms with van der Waals surface area (Å²) in [5.41, 5.74) is 0.0322. The number of thiol groups is 1. The first-order valence-electron chi connectivity index (χ1n) is 6.73. The lowest BCUT2D eigenvalue weighted by molar-refractivity contribution is -0.147. The lowest BCUT2D eigenvalue weighted by Crippen LogP contribution is -2.45. The number of hydrogen-bond acceptors (Lipinski definition) is 5. The van der Waals surface area contributed by atoms with Crippen molar-refractivity contribution in [1.82, 2.24) is 15.1 Å². The molecule has 1 aromatic rings. The molecule has 1 heterocycles. The van der Waals surface area contributed by atoms with Gasteiger partial charge in [0.05, 0.1) is 6.61 Å². The number of aryl methyl sites for hydroxylation is 1. The molecule has 0 saturated carbocycles. The van der Waals surface area contributed by atoms with Crippen LogP contribution in [0.15, 0.2) is 6.07 Å². The van der Waals surface area contributed by atoms with Crippen LogP contribution >= 0.6 is 12.6 Å². The van der Waals surface area contributed by atoms with E-state index < -0.39 is 36.1 Å². The number of hydrogen-bond donors (Lipinski definition) is 2. The van der Waals surface area contributed by atoms with Gasteiger partial charge in [0, 0.05) is 11.4 Å². The Balaban J connectivity index is 2.82. The zero-order valence-corrected chi connectivity index (χ0v) is 13.4. The molecule has 124 valence electrons. The Labute approximate surface area is 132 Å². The summed E-state index contributed by atoms with van der Waals surface area (Å²) in [5.74, 6) is -1.06. The number of nitrogens with one attached hydrogen (secondary N) is 1. The Kier molecular flexibility index (Phi) is 6.79. The second kappa shape index (κ2) is 8.11. The van der Waals surface area contributed by atoms with Crippen molar-refractivity contribution < 1.29 is 23.1 Å². The zero-order valence-electron chi connectivity index (χ0n) is 12.5. The van der Waals surface area contributed by atoms with Crippen LogP contribution in [0.4, 0.5) is 8.78 Å². The number of halogens is 2. The van der Waals surface area contributed by atoms with Gasteiger partial charge in [-0.3, -0.25) is 9.48 Å². The van der Waals surface area contributed by atoms with Crippen LogP contribution in [0.2, 0.25) is 0 Å². The summed E-state index contributed by atoms with van der Waals surface area (Å²) in [6, 6.07) is -0.524. The Morgan fingerprint density at radius 3 is 2.59 bits per heavy atom. The van der Waals surface area contributed by atoms with Gasteiger partial charge in [0.15, 0.2) is 0 Å². The van der Waals surface area contributed by atoms with Crippen molar-refractivity contribution in [1.29, 1.82) is 0 Å². The Morgan fingerprint density at radius 2 is 2.14 bits per heavy atom. The fourth-order valence-electron chi connectivity index (χ4n) is 1.84. The molecule has 0 aromatic carbocycles. The molecule has 0 aliphatic rings. The van der Waals surface area contributed by atoms with Gasteiger partial charge in [-0.25, -0.2) is 13.6 Å². The van der Waals surface area contributed by atoms with Gasteiger partial charge >= 0.3 is 5.97 Å². The minimum Gasteiger partial charge on any atom is -0.464 e. The molecule has 0 saturated heterocycles. The molecule has 6 nitrogen and oxygen atoms in total. The van der Waals surface area contributed by atoms with E-state index in [4.69, 9.17) is 4.74 Å². The van der Waals surface area contributed by atoms with Gasteiger partial charge in [0.25, 0.3) is 6.43 Å². The van der Waals surface area contributed by atoms with Crippen LogP contribution in [-0.4, -0.2) is 40.1 Å². The molecule has 0 fully saturated rings. The lowest BCUT2D eigenvalue weighted by Gasteiger charge is -2.19. The third-order valence-corrected chi connectivity index (χ3v) is 3.35. The first-order chi connectivity index (χ1) is 10.3. The first-order valence-corrected chi connectivity index (χ1v) is 7.37. The number of esters is 1. The summed E-state index contributed by atoms with van der Waals surface area (Å²) in [6.45, 7) is 4.91. The number of aromatic nitrogens is 2.